The van der Waals surface area contributed by atoms with Gasteiger partial charge < -0.3 is 15.0 Å². The molecule has 5 heteroatoms. The molecule has 2 rings (SSSR count). The van der Waals surface area contributed by atoms with Gasteiger partial charge in [0.25, 0.3) is 0 Å². The van der Waals surface area contributed by atoms with Crippen LogP contribution >= 0.6 is 0 Å². The van der Waals surface area contributed by atoms with Crippen molar-refractivity contribution in [1.82, 2.24) is 10.2 Å². The summed E-state index contributed by atoms with van der Waals surface area (Å²) in [6.07, 6.45) is 7.13. The van der Waals surface area contributed by atoms with Gasteiger partial charge in [-0.3, -0.25) is 4.79 Å². The van der Waals surface area contributed by atoms with Gasteiger partial charge in [-0.25, -0.2) is 4.79 Å². The van der Waals surface area contributed by atoms with Gasteiger partial charge in [0.15, 0.2) is 0 Å². The second-order valence-corrected chi connectivity index (χ2v) is 5.80. The third-order valence-corrected chi connectivity index (χ3v) is 4.34. The van der Waals surface area contributed by atoms with Gasteiger partial charge in [0.1, 0.15) is 0 Å². The van der Waals surface area contributed by atoms with Gasteiger partial charge >= 0.3 is 6.09 Å². The number of piperidine rings is 1. The fourth-order valence-electron chi connectivity index (χ4n) is 3.10. The van der Waals surface area contributed by atoms with E-state index < -0.39 is 0 Å². The third-order valence-electron chi connectivity index (χ3n) is 4.34. The molecule has 0 bridgehead atoms. The standard InChI is InChI=1S/C15H26N2O3/c1-2-20-15(19)17-10-8-13(9-11-17)16-14(18)12-6-4-3-5-7-12/h12-13H,2-11H2,1H3,(H,16,18). The summed E-state index contributed by atoms with van der Waals surface area (Å²) in [7, 11) is 0. The smallest absolute Gasteiger partial charge is 0.409 e. The second-order valence-electron chi connectivity index (χ2n) is 5.80. The van der Waals surface area contributed by atoms with E-state index in [0.717, 1.165) is 25.7 Å². The molecule has 1 saturated carbocycles. The molecular weight excluding hydrogens is 256 g/mol. The minimum atomic E-state index is -0.232. The Bertz CT molecular complexity index is 332. The predicted molar refractivity (Wildman–Crippen MR) is 76.3 cm³/mol. The number of hydrogen-bond acceptors (Lipinski definition) is 3. The maximum absolute atomic E-state index is 12.2. The molecule has 0 unspecified atom stereocenters. The number of likely N-dealkylation sites (tertiary alicyclic amines) is 1. The molecule has 1 aliphatic heterocycles. The zero-order valence-electron chi connectivity index (χ0n) is 12.4. The Morgan fingerprint density at radius 1 is 1.10 bits per heavy atom. The summed E-state index contributed by atoms with van der Waals surface area (Å²) in [4.78, 5) is 25.5. The molecule has 2 amide bonds. The molecule has 1 N–H and O–H groups in total. The fraction of sp³-hybridized carbons (Fsp3) is 0.867. The topological polar surface area (TPSA) is 58.6 Å². The minimum Gasteiger partial charge on any atom is -0.450 e. The van der Waals surface area contributed by atoms with Gasteiger partial charge in [-0.2, -0.15) is 0 Å². The van der Waals surface area contributed by atoms with Crippen molar-refractivity contribution in [3.8, 4) is 0 Å². The van der Waals surface area contributed by atoms with Crippen molar-refractivity contribution in [2.24, 2.45) is 5.92 Å². The summed E-state index contributed by atoms with van der Waals surface area (Å²) in [5, 5.41) is 3.16. The zero-order chi connectivity index (χ0) is 14.4. The summed E-state index contributed by atoms with van der Waals surface area (Å²) in [5.41, 5.74) is 0. The number of rotatable bonds is 3. The maximum atomic E-state index is 12.2. The normalized spacial score (nSPS) is 21.6. The van der Waals surface area contributed by atoms with Gasteiger partial charge in [0, 0.05) is 25.0 Å². The van der Waals surface area contributed by atoms with E-state index >= 15 is 0 Å². The number of amides is 2. The van der Waals surface area contributed by atoms with Crippen LogP contribution < -0.4 is 5.32 Å². The van der Waals surface area contributed by atoms with Crippen LogP contribution in [0.3, 0.4) is 0 Å². The van der Waals surface area contributed by atoms with E-state index in [1.807, 2.05) is 6.92 Å². The lowest BCUT2D eigenvalue weighted by Gasteiger charge is -2.32. The van der Waals surface area contributed by atoms with Crippen LogP contribution in [-0.4, -0.2) is 42.6 Å². The Morgan fingerprint density at radius 2 is 1.75 bits per heavy atom. The van der Waals surface area contributed by atoms with E-state index in [4.69, 9.17) is 4.74 Å². The summed E-state index contributed by atoms with van der Waals surface area (Å²) in [6, 6.07) is 0.218. The molecule has 1 saturated heterocycles. The summed E-state index contributed by atoms with van der Waals surface area (Å²) in [5.74, 6) is 0.436. The Labute approximate surface area is 121 Å². The van der Waals surface area contributed by atoms with E-state index in [0.29, 0.717) is 19.7 Å². The third kappa shape index (κ3) is 4.12. The number of hydrogen-bond donors (Lipinski definition) is 1. The van der Waals surface area contributed by atoms with Crippen LogP contribution in [0.1, 0.15) is 51.9 Å². The van der Waals surface area contributed by atoms with E-state index in [-0.39, 0.29) is 24.0 Å². The van der Waals surface area contributed by atoms with Crippen LogP contribution in [0.5, 0.6) is 0 Å². The van der Waals surface area contributed by atoms with Crippen molar-refractivity contribution in [2.45, 2.75) is 57.9 Å². The molecule has 0 aromatic heterocycles. The Morgan fingerprint density at radius 3 is 2.35 bits per heavy atom. The van der Waals surface area contributed by atoms with Crippen LogP contribution in [-0.2, 0) is 9.53 Å². The predicted octanol–water partition coefficient (Wildman–Crippen LogP) is 2.30. The van der Waals surface area contributed by atoms with Crippen LogP contribution in [0, 0.1) is 5.92 Å². The van der Waals surface area contributed by atoms with Gasteiger partial charge in [-0.15, -0.1) is 0 Å². The van der Waals surface area contributed by atoms with Crippen molar-refractivity contribution in [3.05, 3.63) is 0 Å². The highest BCUT2D eigenvalue weighted by atomic mass is 16.6. The number of nitrogens with one attached hydrogen (secondary N) is 1. The highest BCUT2D eigenvalue weighted by Gasteiger charge is 2.27. The van der Waals surface area contributed by atoms with Crippen molar-refractivity contribution in [2.75, 3.05) is 19.7 Å². The lowest BCUT2D eigenvalue weighted by Crippen LogP contribution is -2.48. The average molecular weight is 282 g/mol. The summed E-state index contributed by atoms with van der Waals surface area (Å²) < 4.78 is 4.99. The Kier molecular flexibility index (Phi) is 5.68. The molecule has 0 atom stereocenters. The molecule has 0 aromatic rings. The number of nitrogens with zero attached hydrogens (tertiary/aromatic N) is 1. The van der Waals surface area contributed by atoms with Crippen molar-refractivity contribution in [3.63, 3.8) is 0 Å². The molecule has 1 heterocycles. The largest absolute Gasteiger partial charge is 0.450 e. The van der Waals surface area contributed by atoms with Crippen molar-refractivity contribution >= 4 is 12.0 Å². The molecule has 5 nitrogen and oxygen atoms in total. The maximum Gasteiger partial charge on any atom is 0.409 e. The second kappa shape index (κ2) is 7.50. The van der Waals surface area contributed by atoms with Crippen LogP contribution in [0.4, 0.5) is 4.79 Å². The SMILES string of the molecule is CCOC(=O)N1CCC(NC(=O)C2CCCCC2)CC1. The van der Waals surface area contributed by atoms with Gasteiger partial charge in [-0.05, 0) is 32.6 Å². The molecule has 2 fully saturated rings. The highest BCUT2D eigenvalue weighted by molar-refractivity contribution is 5.79. The van der Waals surface area contributed by atoms with Gasteiger partial charge in [0.2, 0.25) is 5.91 Å². The first-order chi connectivity index (χ1) is 9.70. The molecule has 20 heavy (non-hydrogen) atoms. The van der Waals surface area contributed by atoms with Crippen LogP contribution in [0.15, 0.2) is 0 Å². The number of carbonyl (C=O) groups is 2. The fourth-order valence-corrected chi connectivity index (χ4v) is 3.10. The number of ether oxygens (including phenoxy) is 1. The summed E-state index contributed by atoms with van der Waals surface area (Å²) >= 11 is 0. The lowest BCUT2D eigenvalue weighted by molar-refractivity contribution is -0.126. The molecule has 0 aromatic carbocycles. The molecule has 0 spiro atoms. The molecule has 114 valence electrons. The first-order valence-corrected chi connectivity index (χ1v) is 7.92. The Hall–Kier alpha value is -1.26. The molecule has 2 aliphatic rings. The zero-order valence-corrected chi connectivity index (χ0v) is 12.4. The molecular formula is C15H26N2O3. The van der Waals surface area contributed by atoms with E-state index in [1.165, 1.54) is 19.3 Å². The minimum absolute atomic E-state index is 0.215. The average Bonchev–Trinajstić information content (AvgIpc) is 2.49. The van der Waals surface area contributed by atoms with Gasteiger partial charge in [-0.1, -0.05) is 19.3 Å². The van der Waals surface area contributed by atoms with Crippen molar-refractivity contribution in [1.29, 1.82) is 0 Å². The molecule has 1 aliphatic carbocycles. The molecule has 0 radical (unpaired) electrons. The number of carbonyl (C=O) groups excluding carboxylic acids is 2. The first kappa shape index (κ1) is 15.1. The van der Waals surface area contributed by atoms with Crippen molar-refractivity contribution < 1.29 is 14.3 Å². The first-order valence-electron chi connectivity index (χ1n) is 7.92. The monoisotopic (exact) mass is 282 g/mol. The van der Waals surface area contributed by atoms with E-state index in [2.05, 4.69) is 5.32 Å². The lowest BCUT2D eigenvalue weighted by atomic mass is 9.88. The van der Waals surface area contributed by atoms with E-state index in [9.17, 15) is 9.59 Å². The van der Waals surface area contributed by atoms with Gasteiger partial charge in [0.05, 0.1) is 6.61 Å². The summed E-state index contributed by atoms with van der Waals surface area (Å²) in [6.45, 7) is 3.58. The quantitative estimate of drug-likeness (QED) is 0.864. The van der Waals surface area contributed by atoms with E-state index in [1.54, 1.807) is 4.90 Å². The Balaban J connectivity index is 1.71. The highest BCUT2D eigenvalue weighted by Crippen LogP contribution is 2.24. The van der Waals surface area contributed by atoms with Crippen LogP contribution in [0.2, 0.25) is 0 Å². The van der Waals surface area contributed by atoms with Crippen LogP contribution in [0.25, 0.3) is 0 Å².